The maximum absolute atomic E-state index is 12.9. The molecule has 0 aliphatic carbocycles. The second-order valence-corrected chi connectivity index (χ2v) is 6.75. The van der Waals surface area contributed by atoms with Crippen molar-refractivity contribution < 1.29 is 13.9 Å². The van der Waals surface area contributed by atoms with Crippen molar-refractivity contribution >= 4 is 33.6 Å². The number of rotatable bonds is 8. The average Bonchev–Trinajstić information content (AvgIpc) is 2.54. The highest BCUT2D eigenvalue weighted by molar-refractivity contribution is 9.10. The Kier molecular flexibility index (Phi) is 7.42. The van der Waals surface area contributed by atoms with Crippen molar-refractivity contribution in [3.63, 3.8) is 0 Å². The van der Waals surface area contributed by atoms with E-state index in [1.54, 1.807) is 11.8 Å². The summed E-state index contributed by atoms with van der Waals surface area (Å²) in [6.07, 6.45) is 0.880. The summed E-state index contributed by atoms with van der Waals surface area (Å²) >= 11 is 4.95. The van der Waals surface area contributed by atoms with Crippen molar-refractivity contribution in [1.82, 2.24) is 5.32 Å². The molecule has 0 aromatic heterocycles. The van der Waals surface area contributed by atoms with Crippen LogP contribution in [0, 0.1) is 5.82 Å². The Hall–Kier alpha value is -1.53. The fourth-order valence-electron chi connectivity index (χ4n) is 1.79. The summed E-state index contributed by atoms with van der Waals surface area (Å²) in [4.78, 5) is 12.9. The third kappa shape index (κ3) is 6.62. The maximum atomic E-state index is 12.9. The third-order valence-corrected chi connectivity index (χ3v) is 4.63. The molecule has 1 amide bonds. The van der Waals surface area contributed by atoms with Gasteiger partial charge in [-0.2, -0.15) is 0 Å². The van der Waals surface area contributed by atoms with Crippen LogP contribution in [0.1, 0.15) is 6.42 Å². The number of carbonyl (C=O) groups is 1. The summed E-state index contributed by atoms with van der Waals surface area (Å²) in [7, 11) is 0. The largest absolute Gasteiger partial charge is 0.483 e. The van der Waals surface area contributed by atoms with Gasteiger partial charge in [-0.05, 0) is 58.4 Å². The van der Waals surface area contributed by atoms with Gasteiger partial charge < -0.3 is 10.1 Å². The molecule has 0 atom stereocenters. The molecule has 0 saturated carbocycles. The van der Waals surface area contributed by atoms with Gasteiger partial charge in [0, 0.05) is 11.4 Å². The Morgan fingerprint density at radius 2 is 2.00 bits per heavy atom. The van der Waals surface area contributed by atoms with Crippen molar-refractivity contribution in [2.24, 2.45) is 0 Å². The molecule has 0 aliphatic heterocycles. The molecule has 0 aliphatic rings. The van der Waals surface area contributed by atoms with Crippen LogP contribution in [0.2, 0.25) is 0 Å². The van der Waals surface area contributed by atoms with Crippen LogP contribution in [0.3, 0.4) is 0 Å². The van der Waals surface area contributed by atoms with Crippen LogP contribution in [0.15, 0.2) is 57.9 Å². The lowest BCUT2D eigenvalue weighted by atomic mass is 10.3. The van der Waals surface area contributed by atoms with Gasteiger partial charge in [-0.1, -0.05) is 18.2 Å². The first-order chi connectivity index (χ1) is 11.1. The average molecular weight is 398 g/mol. The molecule has 2 aromatic carbocycles. The molecular weight excluding hydrogens is 381 g/mol. The fraction of sp³-hybridized carbons (Fsp3) is 0.235. The summed E-state index contributed by atoms with van der Waals surface area (Å²) in [6.45, 7) is 0.517. The lowest BCUT2D eigenvalue weighted by Gasteiger charge is -2.09. The zero-order chi connectivity index (χ0) is 16.5. The van der Waals surface area contributed by atoms with Gasteiger partial charge in [-0.3, -0.25) is 4.79 Å². The number of carbonyl (C=O) groups excluding carboxylic acids is 1. The molecule has 23 heavy (non-hydrogen) atoms. The quantitative estimate of drug-likeness (QED) is 0.533. The Bertz CT molecular complexity index is 640. The van der Waals surface area contributed by atoms with E-state index in [4.69, 9.17) is 4.74 Å². The highest BCUT2D eigenvalue weighted by Gasteiger charge is 2.06. The molecule has 6 heteroatoms. The highest BCUT2D eigenvalue weighted by Crippen LogP contribution is 2.25. The molecule has 0 heterocycles. The smallest absolute Gasteiger partial charge is 0.257 e. The van der Waals surface area contributed by atoms with Crippen molar-refractivity contribution in [2.45, 2.75) is 11.3 Å². The first kappa shape index (κ1) is 17.8. The Morgan fingerprint density at radius 3 is 2.74 bits per heavy atom. The minimum Gasteiger partial charge on any atom is -0.483 e. The van der Waals surface area contributed by atoms with E-state index in [1.165, 1.54) is 23.1 Å². The minimum atomic E-state index is -0.357. The van der Waals surface area contributed by atoms with E-state index in [0.29, 0.717) is 16.8 Å². The summed E-state index contributed by atoms with van der Waals surface area (Å²) in [6, 6.07) is 14.2. The van der Waals surface area contributed by atoms with Crippen molar-refractivity contribution in [3.8, 4) is 5.75 Å². The van der Waals surface area contributed by atoms with Gasteiger partial charge in [0.25, 0.3) is 5.91 Å². The van der Waals surface area contributed by atoms with Gasteiger partial charge in [0.2, 0.25) is 0 Å². The lowest BCUT2D eigenvalue weighted by Crippen LogP contribution is -2.30. The lowest BCUT2D eigenvalue weighted by molar-refractivity contribution is -0.123. The first-order valence-corrected chi connectivity index (χ1v) is 8.95. The summed E-state index contributed by atoms with van der Waals surface area (Å²) in [5, 5.41) is 2.80. The standard InChI is InChI=1S/C17H17BrFNO2S/c18-15-11-13(19)7-8-16(15)22-12-17(21)20-9-4-10-23-14-5-2-1-3-6-14/h1-3,5-8,11H,4,9-10,12H2,(H,20,21). The van der Waals surface area contributed by atoms with E-state index >= 15 is 0 Å². The second kappa shape index (κ2) is 9.57. The molecule has 3 nitrogen and oxygen atoms in total. The fourth-order valence-corrected chi connectivity index (χ4v) is 3.13. The molecular formula is C17H17BrFNO2S. The SMILES string of the molecule is O=C(COc1ccc(F)cc1Br)NCCCSc1ccccc1. The van der Waals surface area contributed by atoms with Gasteiger partial charge in [-0.25, -0.2) is 4.39 Å². The molecule has 122 valence electrons. The van der Waals surface area contributed by atoms with Gasteiger partial charge in [0.1, 0.15) is 11.6 Å². The Balaban J connectivity index is 1.60. The predicted octanol–water partition coefficient (Wildman–Crippen LogP) is 4.27. The molecule has 0 spiro atoms. The summed E-state index contributed by atoms with van der Waals surface area (Å²) in [5.41, 5.74) is 0. The summed E-state index contributed by atoms with van der Waals surface area (Å²) in [5.74, 6) is 0.839. The first-order valence-electron chi connectivity index (χ1n) is 7.17. The number of hydrogen-bond donors (Lipinski definition) is 1. The van der Waals surface area contributed by atoms with Crippen molar-refractivity contribution in [3.05, 3.63) is 58.8 Å². The number of halogens is 2. The highest BCUT2D eigenvalue weighted by atomic mass is 79.9. The van der Waals surface area contributed by atoms with Crippen LogP contribution in [-0.4, -0.2) is 24.8 Å². The molecule has 0 bridgehead atoms. The van der Waals surface area contributed by atoms with Crippen LogP contribution in [0.4, 0.5) is 4.39 Å². The van der Waals surface area contributed by atoms with E-state index in [9.17, 15) is 9.18 Å². The zero-order valence-corrected chi connectivity index (χ0v) is 14.8. The molecule has 1 N–H and O–H groups in total. The number of hydrogen-bond acceptors (Lipinski definition) is 3. The Labute approximate surface area is 147 Å². The van der Waals surface area contributed by atoms with Crippen LogP contribution in [0.25, 0.3) is 0 Å². The third-order valence-electron chi connectivity index (χ3n) is 2.91. The number of benzene rings is 2. The van der Waals surface area contributed by atoms with Crippen molar-refractivity contribution in [1.29, 1.82) is 0 Å². The molecule has 0 unspecified atom stereocenters. The van der Waals surface area contributed by atoms with Crippen LogP contribution < -0.4 is 10.1 Å². The number of amides is 1. The van der Waals surface area contributed by atoms with E-state index in [0.717, 1.165) is 12.2 Å². The van der Waals surface area contributed by atoms with Gasteiger partial charge in [0.15, 0.2) is 6.61 Å². The number of nitrogens with one attached hydrogen (secondary N) is 1. The second-order valence-electron chi connectivity index (χ2n) is 4.73. The summed E-state index contributed by atoms with van der Waals surface area (Å²) < 4.78 is 18.8. The molecule has 2 rings (SSSR count). The maximum Gasteiger partial charge on any atom is 0.257 e. The molecule has 0 radical (unpaired) electrons. The normalized spacial score (nSPS) is 10.3. The number of ether oxygens (including phenoxy) is 1. The molecule has 0 fully saturated rings. The van der Waals surface area contributed by atoms with E-state index in [2.05, 4.69) is 33.4 Å². The van der Waals surface area contributed by atoms with Gasteiger partial charge >= 0.3 is 0 Å². The van der Waals surface area contributed by atoms with Crippen molar-refractivity contribution in [2.75, 3.05) is 18.9 Å². The number of thioether (sulfide) groups is 1. The minimum absolute atomic E-state index is 0.0872. The molecule has 0 saturated heterocycles. The monoisotopic (exact) mass is 397 g/mol. The topological polar surface area (TPSA) is 38.3 Å². The van der Waals surface area contributed by atoms with Crippen LogP contribution >= 0.6 is 27.7 Å². The van der Waals surface area contributed by atoms with Crippen LogP contribution in [0.5, 0.6) is 5.75 Å². The molecule has 2 aromatic rings. The zero-order valence-electron chi connectivity index (χ0n) is 12.4. The predicted molar refractivity (Wildman–Crippen MR) is 94.4 cm³/mol. The Morgan fingerprint density at radius 1 is 1.22 bits per heavy atom. The van der Waals surface area contributed by atoms with E-state index in [1.807, 2.05) is 18.2 Å². The van der Waals surface area contributed by atoms with E-state index in [-0.39, 0.29) is 18.3 Å². The van der Waals surface area contributed by atoms with E-state index < -0.39 is 0 Å². The van der Waals surface area contributed by atoms with Gasteiger partial charge in [-0.15, -0.1) is 11.8 Å². The van der Waals surface area contributed by atoms with Gasteiger partial charge in [0.05, 0.1) is 4.47 Å². The van der Waals surface area contributed by atoms with Crippen LogP contribution in [-0.2, 0) is 4.79 Å².